The molecule has 0 spiro atoms. The van der Waals surface area contributed by atoms with Crippen molar-refractivity contribution in [2.24, 2.45) is 7.05 Å². The van der Waals surface area contributed by atoms with E-state index in [1.807, 2.05) is 48.6 Å². The van der Waals surface area contributed by atoms with E-state index in [1.54, 1.807) is 0 Å². The highest BCUT2D eigenvalue weighted by molar-refractivity contribution is 5.93. The summed E-state index contributed by atoms with van der Waals surface area (Å²) >= 11 is 0. The van der Waals surface area contributed by atoms with Gasteiger partial charge in [0.25, 0.3) is 5.91 Å². The number of hydrogen-bond acceptors (Lipinski definition) is 4. The zero-order chi connectivity index (χ0) is 18.1. The van der Waals surface area contributed by atoms with Gasteiger partial charge in [-0.15, -0.1) is 0 Å². The summed E-state index contributed by atoms with van der Waals surface area (Å²) in [5.74, 6) is 2.27. The quantitative estimate of drug-likeness (QED) is 0.861. The van der Waals surface area contributed by atoms with Gasteiger partial charge in [-0.05, 0) is 26.0 Å². The van der Waals surface area contributed by atoms with Crippen LogP contribution in [0, 0.1) is 13.8 Å². The predicted octanol–water partition coefficient (Wildman–Crippen LogP) is 2.52. The standard InChI is InChI=1S/C19H27N5O/c1-13(2)18-20-14(3)12-17(21-18)23-8-10-24(11-9-23)19(25)16-7-6-15(4)22(16)5/h6-7,12-13H,8-11H2,1-5H3. The predicted molar refractivity (Wildman–Crippen MR) is 99.1 cm³/mol. The first-order valence-electron chi connectivity index (χ1n) is 8.89. The SMILES string of the molecule is Cc1cc(N2CCN(C(=O)c3ccc(C)n3C)CC2)nc(C(C)C)n1. The average molecular weight is 341 g/mol. The molecule has 0 aromatic carbocycles. The van der Waals surface area contributed by atoms with Gasteiger partial charge in [0.05, 0.1) is 0 Å². The smallest absolute Gasteiger partial charge is 0.270 e. The molecule has 25 heavy (non-hydrogen) atoms. The first kappa shape index (κ1) is 17.5. The van der Waals surface area contributed by atoms with Crippen LogP contribution in [0.3, 0.4) is 0 Å². The van der Waals surface area contributed by atoms with Gasteiger partial charge >= 0.3 is 0 Å². The number of piperazine rings is 1. The van der Waals surface area contributed by atoms with Crippen LogP contribution in [0.2, 0.25) is 0 Å². The number of nitrogens with zero attached hydrogens (tertiary/aromatic N) is 5. The highest BCUT2D eigenvalue weighted by Gasteiger charge is 2.25. The maximum Gasteiger partial charge on any atom is 0.270 e. The minimum atomic E-state index is 0.108. The van der Waals surface area contributed by atoms with E-state index in [2.05, 4.69) is 23.7 Å². The van der Waals surface area contributed by atoms with Crippen LogP contribution >= 0.6 is 0 Å². The summed E-state index contributed by atoms with van der Waals surface area (Å²) in [5.41, 5.74) is 2.84. The zero-order valence-corrected chi connectivity index (χ0v) is 15.8. The maximum absolute atomic E-state index is 12.7. The molecule has 1 saturated heterocycles. The summed E-state index contributed by atoms with van der Waals surface area (Å²) in [5, 5.41) is 0. The molecule has 0 saturated carbocycles. The summed E-state index contributed by atoms with van der Waals surface area (Å²) in [6.45, 7) is 11.2. The molecular formula is C19H27N5O. The molecule has 6 heteroatoms. The highest BCUT2D eigenvalue weighted by Crippen LogP contribution is 2.19. The van der Waals surface area contributed by atoms with Crippen molar-refractivity contribution in [2.75, 3.05) is 31.1 Å². The number of rotatable bonds is 3. The molecule has 3 heterocycles. The van der Waals surface area contributed by atoms with Gasteiger partial charge in [0.15, 0.2) is 0 Å². The molecule has 134 valence electrons. The Hall–Kier alpha value is -2.37. The molecule has 2 aromatic heterocycles. The second-order valence-electron chi connectivity index (χ2n) is 7.08. The second-order valence-corrected chi connectivity index (χ2v) is 7.08. The Balaban J connectivity index is 1.70. The summed E-state index contributed by atoms with van der Waals surface area (Å²) in [6.07, 6.45) is 0. The van der Waals surface area contributed by atoms with Gasteiger partial charge in [-0.2, -0.15) is 0 Å². The Morgan fingerprint density at radius 2 is 1.76 bits per heavy atom. The van der Waals surface area contributed by atoms with Gasteiger partial charge in [0, 0.05) is 56.6 Å². The number of carbonyl (C=O) groups is 1. The van der Waals surface area contributed by atoms with E-state index >= 15 is 0 Å². The fourth-order valence-electron chi connectivity index (χ4n) is 3.12. The Labute approximate surface area is 149 Å². The van der Waals surface area contributed by atoms with E-state index in [0.29, 0.717) is 19.0 Å². The lowest BCUT2D eigenvalue weighted by atomic mass is 10.2. The minimum absolute atomic E-state index is 0.108. The number of hydrogen-bond donors (Lipinski definition) is 0. The van der Waals surface area contributed by atoms with Crippen molar-refractivity contribution in [1.29, 1.82) is 0 Å². The molecule has 0 radical (unpaired) electrons. The van der Waals surface area contributed by atoms with E-state index in [9.17, 15) is 4.79 Å². The van der Waals surface area contributed by atoms with Gasteiger partial charge in [0.1, 0.15) is 17.3 Å². The maximum atomic E-state index is 12.7. The molecule has 0 bridgehead atoms. The first-order valence-corrected chi connectivity index (χ1v) is 8.89. The Kier molecular flexibility index (Phi) is 4.79. The lowest BCUT2D eigenvalue weighted by Gasteiger charge is -2.35. The number of carbonyl (C=O) groups excluding carboxylic acids is 1. The van der Waals surface area contributed by atoms with Crippen molar-refractivity contribution in [1.82, 2.24) is 19.4 Å². The molecule has 1 fully saturated rings. The molecular weight excluding hydrogens is 314 g/mol. The van der Waals surface area contributed by atoms with E-state index in [0.717, 1.165) is 41.8 Å². The van der Waals surface area contributed by atoms with Crippen LogP contribution in [0.5, 0.6) is 0 Å². The average Bonchev–Trinajstić information content (AvgIpc) is 2.93. The monoisotopic (exact) mass is 341 g/mol. The van der Waals surface area contributed by atoms with Crippen LogP contribution in [0.25, 0.3) is 0 Å². The van der Waals surface area contributed by atoms with Crippen molar-refractivity contribution in [3.8, 4) is 0 Å². The van der Waals surface area contributed by atoms with E-state index in [-0.39, 0.29) is 5.91 Å². The minimum Gasteiger partial charge on any atom is -0.353 e. The number of aromatic nitrogens is 3. The molecule has 1 aliphatic rings. The largest absolute Gasteiger partial charge is 0.353 e. The molecule has 2 aromatic rings. The first-order chi connectivity index (χ1) is 11.9. The summed E-state index contributed by atoms with van der Waals surface area (Å²) in [4.78, 5) is 26.1. The number of amides is 1. The van der Waals surface area contributed by atoms with E-state index < -0.39 is 0 Å². The van der Waals surface area contributed by atoms with Crippen LogP contribution in [-0.2, 0) is 7.05 Å². The van der Waals surface area contributed by atoms with Crippen molar-refractivity contribution < 1.29 is 4.79 Å². The molecule has 1 aliphatic heterocycles. The normalized spacial score (nSPS) is 15.1. The van der Waals surface area contributed by atoms with Crippen LogP contribution in [0.15, 0.2) is 18.2 Å². The lowest BCUT2D eigenvalue weighted by Crippen LogP contribution is -2.49. The summed E-state index contributed by atoms with van der Waals surface area (Å²) < 4.78 is 1.96. The molecule has 0 aliphatic carbocycles. The Bertz CT molecular complexity index is 772. The summed E-state index contributed by atoms with van der Waals surface area (Å²) in [7, 11) is 1.94. The topological polar surface area (TPSA) is 54.3 Å². The van der Waals surface area contributed by atoms with Crippen LogP contribution in [0.1, 0.15) is 47.5 Å². The van der Waals surface area contributed by atoms with Gasteiger partial charge in [-0.1, -0.05) is 13.8 Å². The van der Waals surface area contributed by atoms with Gasteiger partial charge < -0.3 is 14.4 Å². The zero-order valence-electron chi connectivity index (χ0n) is 15.8. The van der Waals surface area contributed by atoms with Gasteiger partial charge in [-0.3, -0.25) is 4.79 Å². The van der Waals surface area contributed by atoms with Crippen molar-refractivity contribution in [3.63, 3.8) is 0 Å². The van der Waals surface area contributed by atoms with Gasteiger partial charge in [0.2, 0.25) is 0 Å². The van der Waals surface area contributed by atoms with Crippen LogP contribution < -0.4 is 4.90 Å². The number of aryl methyl sites for hydroxylation is 2. The second kappa shape index (κ2) is 6.86. The Morgan fingerprint density at radius 1 is 1.08 bits per heavy atom. The molecule has 6 nitrogen and oxygen atoms in total. The highest BCUT2D eigenvalue weighted by atomic mass is 16.2. The molecule has 0 unspecified atom stereocenters. The van der Waals surface area contributed by atoms with Crippen molar-refractivity contribution >= 4 is 11.7 Å². The lowest BCUT2D eigenvalue weighted by molar-refractivity contribution is 0.0736. The van der Waals surface area contributed by atoms with E-state index in [1.165, 1.54) is 0 Å². The molecule has 0 N–H and O–H groups in total. The summed E-state index contributed by atoms with van der Waals surface area (Å²) in [6, 6.07) is 5.93. The third-order valence-corrected chi connectivity index (χ3v) is 4.86. The van der Waals surface area contributed by atoms with Crippen LogP contribution in [0.4, 0.5) is 5.82 Å². The molecule has 0 atom stereocenters. The van der Waals surface area contributed by atoms with Crippen molar-refractivity contribution in [3.05, 3.63) is 41.1 Å². The molecule has 3 rings (SSSR count). The molecule has 1 amide bonds. The van der Waals surface area contributed by atoms with Crippen LogP contribution in [-0.4, -0.2) is 51.5 Å². The Morgan fingerprint density at radius 3 is 2.32 bits per heavy atom. The van der Waals surface area contributed by atoms with Crippen molar-refractivity contribution in [2.45, 2.75) is 33.6 Å². The fourth-order valence-corrected chi connectivity index (χ4v) is 3.12. The fraction of sp³-hybridized carbons (Fsp3) is 0.526. The third-order valence-electron chi connectivity index (χ3n) is 4.86. The van der Waals surface area contributed by atoms with Gasteiger partial charge in [-0.25, -0.2) is 9.97 Å². The third kappa shape index (κ3) is 3.52. The number of anilines is 1. The van der Waals surface area contributed by atoms with E-state index in [4.69, 9.17) is 4.98 Å².